The Labute approximate surface area is 113 Å². The minimum atomic E-state index is -3.52. The third kappa shape index (κ3) is 3.05. The van der Waals surface area contributed by atoms with Gasteiger partial charge in [0, 0.05) is 24.5 Å². The molecule has 18 heavy (non-hydrogen) atoms. The number of nitrogen functional groups attached to an aromatic ring is 1. The molecule has 2 rings (SSSR count). The van der Waals surface area contributed by atoms with Gasteiger partial charge in [-0.15, -0.1) is 11.3 Å². The van der Waals surface area contributed by atoms with Crippen LogP contribution in [0.15, 0.2) is 15.8 Å². The largest absolute Gasteiger partial charge is 0.375 e. The van der Waals surface area contributed by atoms with Gasteiger partial charge in [-0.2, -0.15) is 0 Å². The number of hydrogen-bond acceptors (Lipinski definition) is 7. The van der Waals surface area contributed by atoms with Crippen LogP contribution in [0.3, 0.4) is 0 Å². The molecule has 9 heteroatoms. The molecule has 0 saturated heterocycles. The summed E-state index contributed by atoms with van der Waals surface area (Å²) in [5, 5.41) is 3.02. The summed E-state index contributed by atoms with van der Waals surface area (Å²) in [5.41, 5.74) is 5.92. The number of anilines is 1. The Kier molecular flexibility index (Phi) is 3.95. The Morgan fingerprint density at radius 2 is 2.28 bits per heavy atom. The lowest BCUT2D eigenvalue weighted by atomic mass is 10.5. The Bertz CT molecular complexity index is 618. The van der Waals surface area contributed by atoms with E-state index in [1.54, 1.807) is 13.1 Å². The van der Waals surface area contributed by atoms with E-state index in [0.29, 0.717) is 18.7 Å². The van der Waals surface area contributed by atoms with Gasteiger partial charge >= 0.3 is 0 Å². The molecule has 3 N–H and O–H groups in total. The summed E-state index contributed by atoms with van der Waals surface area (Å²) in [7, 11) is -3.52. The van der Waals surface area contributed by atoms with Crippen LogP contribution in [0.2, 0.25) is 0 Å². The van der Waals surface area contributed by atoms with Crippen molar-refractivity contribution in [2.45, 2.75) is 17.6 Å². The lowest BCUT2D eigenvalue weighted by Gasteiger charge is -2.03. The molecule has 6 nitrogen and oxygen atoms in total. The number of aromatic nitrogens is 2. The van der Waals surface area contributed by atoms with E-state index in [1.165, 1.54) is 11.3 Å². The zero-order valence-corrected chi connectivity index (χ0v) is 12.0. The van der Waals surface area contributed by atoms with Gasteiger partial charge in [0.1, 0.15) is 0 Å². The topological polar surface area (TPSA) is 98.0 Å². The van der Waals surface area contributed by atoms with Gasteiger partial charge in [-0.05, 0) is 6.92 Å². The third-order valence-corrected chi connectivity index (χ3v) is 6.03. The van der Waals surface area contributed by atoms with Crippen LogP contribution in [-0.2, 0) is 16.4 Å². The average Bonchev–Trinajstić information content (AvgIpc) is 2.88. The lowest BCUT2D eigenvalue weighted by molar-refractivity contribution is 0.583. The molecule has 0 fully saturated rings. The normalized spacial score (nSPS) is 11.8. The monoisotopic (exact) mass is 304 g/mol. The highest BCUT2D eigenvalue weighted by molar-refractivity contribution is 7.91. The number of nitrogens with one attached hydrogen (secondary N) is 1. The van der Waals surface area contributed by atoms with E-state index in [9.17, 15) is 8.42 Å². The molecule has 0 aromatic carbocycles. The van der Waals surface area contributed by atoms with Crippen LogP contribution in [0.1, 0.15) is 10.7 Å². The summed E-state index contributed by atoms with van der Waals surface area (Å²) in [6, 6.07) is 0. The van der Waals surface area contributed by atoms with E-state index in [-0.39, 0.29) is 9.34 Å². The molecule has 0 bridgehead atoms. The maximum atomic E-state index is 12.0. The highest BCUT2D eigenvalue weighted by atomic mass is 32.2. The molecule has 0 aliphatic carbocycles. The average molecular weight is 304 g/mol. The molecule has 98 valence electrons. The van der Waals surface area contributed by atoms with Gasteiger partial charge in [0.15, 0.2) is 9.34 Å². The van der Waals surface area contributed by atoms with Crippen molar-refractivity contribution < 1.29 is 8.42 Å². The highest BCUT2D eigenvalue weighted by Gasteiger charge is 2.20. The Balaban J connectivity index is 2.02. The first-order chi connectivity index (χ1) is 8.49. The quantitative estimate of drug-likeness (QED) is 0.859. The Morgan fingerprint density at radius 1 is 1.50 bits per heavy atom. The molecule has 0 aliphatic rings. The van der Waals surface area contributed by atoms with Crippen molar-refractivity contribution in [3.8, 4) is 0 Å². The smallest absolute Gasteiger partial charge is 0.252 e. The summed E-state index contributed by atoms with van der Waals surface area (Å²) in [5.74, 6) is 0. The SMILES string of the molecule is Cc1nc(N)sc1S(=O)(=O)NCCc1nccs1. The molecular formula is C9H12N4O2S3. The molecule has 0 spiro atoms. The lowest BCUT2D eigenvalue weighted by Crippen LogP contribution is -2.25. The number of rotatable bonds is 5. The summed E-state index contributed by atoms with van der Waals surface area (Å²) < 4.78 is 26.7. The Morgan fingerprint density at radius 3 is 2.83 bits per heavy atom. The van der Waals surface area contributed by atoms with Gasteiger partial charge in [-0.3, -0.25) is 0 Å². The van der Waals surface area contributed by atoms with E-state index in [4.69, 9.17) is 5.73 Å². The van der Waals surface area contributed by atoms with Crippen molar-refractivity contribution >= 4 is 37.8 Å². The van der Waals surface area contributed by atoms with E-state index in [0.717, 1.165) is 16.3 Å². The molecule has 2 aromatic rings. The molecule has 2 heterocycles. The maximum Gasteiger partial charge on any atom is 0.252 e. The predicted molar refractivity (Wildman–Crippen MR) is 72.3 cm³/mol. The maximum absolute atomic E-state index is 12.0. The number of thiazole rings is 2. The highest BCUT2D eigenvalue weighted by Crippen LogP contribution is 2.24. The van der Waals surface area contributed by atoms with Crippen molar-refractivity contribution in [2.75, 3.05) is 12.3 Å². The van der Waals surface area contributed by atoms with Crippen molar-refractivity contribution in [2.24, 2.45) is 0 Å². The summed E-state index contributed by atoms with van der Waals surface area (Å²) >= 11 is 2.47. The van der Waals surface area contributed by atoms with E-state index >= 15 is 0 Å². The second-order valence-corrected chi connectivity index (χ2v) is 7.47. The molecule has 0 radical (unpaired) electrons. The predicted octanol–water partition coefficient (Wildman–Crippen LogP) is 1.01. The van der Waals surface area contributed by atoms with Crippen LogP contribution in [0.5, 0.6) is 0 Å². The number of nitrogens with two attached hydrogens (primary N) is 1. The first kappa shape index (κ1) is 13.4. The van der Waals surface area contributed by atoms with Crippen LogP contribution in [0.4, 0.5) is 5.13 Å². The first-order valence-corrected chi connectivity index (χ1v) is 8.28. The minimum absolute atomic E-state index is 0.180. The van der Waals surface area contributed by atoms with Crippen LogP contribution >= 0.6 is 22.7 Å². The zero-order valence-electron chi connectivity index (χ0n) is 9.58. The zero-order chi connectivity index (χ0) is 13.2. The van der Waals surface area contributed by atoms with Gasteiger partial charge in [0.2, 0.25) is 0 Å². The van der Waals surface area contributed by atoms with Crippen molar-refractivity contribution in [3.05, 3.63) is 22.3 Å². The fourth-order valence-electron chi connectivity index (χ4n) is 1.39. The molecule has 0 atom stereocenters. The summed E-state index contributed by atoms with van der Waals surface area (Å²) in [6.07, 6.45) is 2.27. The van der Waals surface area contributed by atoms with Gasteiger partial charge in [0.05, 0.1) is 10.7 Å². The second kappa shape index (κ2) is 5.31. The van der Waals surface area contributed by atoms with Crippen LogP contribution in [0.25, 0.3) is 0 Å². The fraction of sp³-hybridized carbons (Fsp3) is 0.333. The fourth-order valence-corrected chi connectivity index (χ4v) is 4.38. The van der Waals surface area contributed by atoms with Gasteiger partial charge in [-0.25, -0.2) is 23.1 Å². The summed E-state index contributed by atoms with van der Waals surface area (Å²) in [6.45, 7) is 1.94. The van der Waals surface area contributed by atoms with Gasteiger partial charge in [-0.1, -0.05) is 11.3 Å². The van der Waals surface area contributed by atoms with Gasteiger partial charge in [0.25, 0.3) is 10.0 Å². The number of hydrogen-bond donors (Lipinski definition) is 2. The standard InChI is InChI=1S/C9H12N4O2S3/c1-6-8(17-9(10)13-6)18(14,15)12-3-2-7-11-4-5-16-7/h4-5,12H,2-3H2,1H3,(H2,10,13). The first-order valence-electron chi connectivity index (χ1n) is 5.10. The van der Waals surface area contributed by atoms with Crippen LogP contribution in [0, 0.1) is 6.92 Å². The van der Waals surface area contributed by atoms with Crippen LogP contribution in [-0.4, -0.2) is 24.9 Å². The Hall–Kier alpha value is -1.03. The van der Waals surface area contributed by atoms with E-state index in [1.807, 2.05) is 5.38 Å². The van der Waals surface area contributed by atoms with E-state index < -0.39 is 10.0 Å². The molecule has 0 amide bonds. The summed E-state index contributed by atoms with van der Waals surface area (Å²) in [4.78, 5) is 7.99. The molecule has 0 saturated carbocycles. The molecule has 2 aromatic heterocycles. The van der Waals surface area contributed by atoms with E-state index in [2.05, 4.69) is 14.7 Å². The second-order valence-electron chi connectivity index (χ2n) is 3.50. The van der Waals surface area contributed by atoms with Gasteiger partial charge < -0.3 is 5.73 Å². The number of nitrogens with zero attached hydrogens (tertiary/aromatic N) is 2. The molecule has 0 unspecified atom stereocenters. The van der Waals surface area contributed by atoms with Crippen LogP contribution < -0.4 is 10.5 Å². The van der Waals surface area contributed by atoms with Crippen molar-refractivity contribution in [3.63, 3.8) is 0 Å². The molecular weight excluding hydrogens is 292 g/mol. The number of aryl methyl sites for hydroxylation is 1. The number of sulfonamides is 1. The third-order valence-electron chi connectivity index (χ3n) is 2.13. The molecule has 0 aliphatic heterocycles. The van der Waals surface area contributed by atoms with Crippen molar-refractivity contribution in [1.29, 1.82) is 0 Å². The minimum Gasteiger partial charge on any atom is -0.375 e. The van der Waals surface area contributed by atoms with Crippen molar-refractivity contribution in [1.82, 2.24) is 14.7 Å².